The highest BCUT2D eigenvalue weighted by Gasteiger charge is 2.59. The van der Waals surface area contributed by atoms with Crippen LogP contribution in [0.25, 0.3) is 0 Å². The molecule has 0 N–H and O–H groups in total. The summed E-state index contributed by atoms with van der Waals surface area (Å²) < 4.78 is 10.9. The third-order valence-electron chi connectivity index (χ3n) is 7.07. The number of allylic oxidation sites excluding steroid dienone is 2. The maximum Gasteiger partial charge on any atom is 0.347 e. The summed E-state index contributed by atoms with van der Waals surface area (Å²) in [6.45, 7) is 0. The number of imide groups is 1. The number of nitrogens with zero attached hydrogens (tertiary/aromatic N) is 1. The van der Waals surface area contributed by atoms with Gasteiger partial charge in [0.05, 0.1) is 23.1 Å². The van der Waals surface area contributed by atoms with Crippen molar-refractivity contribution in [1.29, 1.82) is 0 Å². The Morgan fingerprint density at radius 2 is 1.39 bits per heavy atom. The molecule has 7 heteroatoms. The number of carbonyl (C=O) groups is 4. The van der Waals surface area contributed by atoms with Crippen LogP contribution < -0.4 is 14.4 Å². The van der Waals surface area contributed by atoms with E-state index in [2.05, 4.69) is 0 Å². The molecule has 2 fully saturated rings. The molecule has 1 saturated heterocycles. The van der Waals surface area contributed by atoms with E-state index in [0.29, 0.717) is 11.4 Å². The van der Waals surface area contributed by atoms with Crippen molar-refractivity contribution in [2.75, 3.05) is 4.90 Å². The number of hydrogen-bond donors (Lipinski definition) is 0. The Morgan fingerprint density at radius 1 is 0.722 bits per heavy atom. The van der Waals surface area contributed by atoms with E-state index in [1.807, 2.05) is 12.2 Å². The van der Waals surface area contributed by atoms with Gasteiger partial charge in [0.25, 0.3) is 0 Å². The number of esters is 2. The summed E-state index contributed by atoms with van der Waals surface area (Å²) in [6.07, 6.45) is 4.92. The van der Waals surface area contributed by atoms with Crippen molar-refractivity contribution in [3.8, 4) is 11.5 Å². The first-order chi connectivity index (χ1) is 17.5. The van der Waals surface area contributed by atoms with Gasteiger partial charge in [-0.25, -0.2) is 14.5 Å². The molecule has 1 aliphatic heterocycles. The molecule has 0 aromatic heterocycles. The van der Waals surface area contributed by atoms with Crippen molar-refractivity contribution in [1.82, 2.24) is 0 Å². The lowest BCUT2D eigenvalue weighted by Gasteiger charge is -2.18. The molecule has 178 valence electrons. The highest BCUT2D eigenvalue weighted by atomic mass is 16.5. The zero-order valence-corrected chi connectivity index (χ0v) is 19.1. The van der Waals surface area contributed by atoms with Crippen LogP contribution >= 0.6 is 0 Å². The van der Waals surface area contributed by atoms with E-state index >= 15 is 0 Å². The molecule has 6 rings (SSSR count). The van der Waals surface area contributed by atoms with Crippen molar-refractivity contribution in [2.45, 2.75) is 6.42 Å². The molecule has 4 unspecified atom stereocenters. The smallest absolute Gasteiger partial charge is 0.347 e. The van der Waals surface area contributed by atoms with Crippen LogP contribution in [0.1, 0.15) is 27.1 Å². The van der Waals surface area contributed by atoms with Gasteiger partial charge in [-0.05, 0) is 60.7 Å². The maximum absolute atomic E-state index is 13.1. The van der Waals surface area contributed by atoms with E-state index in [9.17, 15) is 19.2 Å². The Balaban J connectivity index is 1.22. The molecule has 3 aromatic rings. The summed E-state index contributed by atoms with van der Waals surface area (Å²) >= 11 is 0. The molecule has 0 radical (unpaired) electrons. The van der Waals surface area contributed by atoms with E-state index in [1.165, 1.54) is 29.2 Å². The quantitative estimate of drug-likeness (QED) is 0.233. The Labute approximate surface area is 206 Å². The van der Waals surface area contributed by atoms with Gasteiger partial charge in [-0.15, -0.1) is 0 Å². The minimum absolute atomic E-state index is 0.0411. The van der Waals surface area contributed by atoms with Gasteiger partial charge >= 0.3 is 11.9 Å². The number of rotatable bonds is 5. The molecule has 3 aromatic carbocycles. The van der Waals surface area contributed by atoms with Gasteiger partial charge < -0.3 is 9.47 Å². The molecule has 0 spiro atoms. The van der Waals surface area contributed by atoms with Gasteiger partial charge in [0.15, 0.2) is 0 Å². The second-order valence-corrected chi connectivity index (χ2v) is 9.15. The Kier molecular flexibility index (Phi) is 5.25. The van der Waals surface area contributed by atoms with Crippen molar-refractivity contribution in [2.24, 2.45) is 23.7 Å². The van der Waals surface area contributed by atoms with E-state index in [-0.39, 0.29) is 52.4 Å². The van der Waals surface area contributed by atoms with E-state index in [1.54, 1.807) is 54.6 Å². The molecule has 1 saturated carbocycles. The van der Waals surface area contributed by atoms with Crippen LogP contribution in [0, 0.1) is 23.7 Å². The summed E-state index contributed by atoms with van der Waals surface area (Å²) in [6, 6.07) is 21.1. The Bertz CT molecular complexity index is 1400. The van der Waals surface area contributed by atoms with Gasteiger partial charge in [0, 0.05) is 0 Å². The first kappa shape index (κ1) is 22.0. The first-order valence-electron chi connectivity index (χ1n) is 11.8. The summed E-state index contributed by atoms with van der Waals surface area (Å²) in [4.78, 5) is 53.2. The van der Waals surface area contributed by atoms with Crippen LogP contribution in [0.5, 0.6) is 11.5 Å². The number of para-hydroxylation sites is 2. The molecule has 2 bridgehead atoms. The van der Waals surface area contributed by atoms with Crippen molar-refractivity contribution in [3.05, 3.63) is 102 Å². The van der Waals surface area contributed by atoms with Crippen LogP contribution in [0.15, 0.2) is 91.0 Å². The number of fused-ring (bicyclic) bond motifs is 5. The fraction of sp³-hybridized carbons (Fsp3) is 0.172. The van der Waals surface area contributed by atoms with Crippen LogP contribution in [0.4, 0.5) is 5.69 Å². The van der Waals surface area contributed by atoms with Crippen LogP contribution in [-0.4, -0.2) is 23.8 Å². The fourth-order valence-corrected chi connectivity index (χ4v) is 5.46. The molecular formula is C29H21NO6. The third kappa shape index (κ3) is 3.60. The Hall–Kier alpha value is -4.52. The average molecular weight is 479 g/mol. The second kappa shape index (κ2) is 8.61. The van der Waals surface area contributed by atoms with Gasteiger partial charge in [-0.2, -0.15) is 0 Å². The van der Waals surface area contributed by atoms with Crippen molar-refractivity contribution >= 4 is 29.4 Å². The topological polar surface area (TPSA) is 90.0 Å². The predicted octanol–water partition coefficient (Wildman–Crippen LogP) is 4.44. The molecule has 7 nitrogen and oxygen atoms in total. The lowest BCUT2D eigenvalue weighted by atomic mass is 9.85. The molecule has 4 atom stereocenters. The van der Waals surface area contributed by atoms with Gasteiger partial charge in [0.2, 0.25) is 11.8 Å². The number of ether oxygens (including phenoxy) is 2. The summed E-state index contributed by atoms with van der Waals surface area (Å²) in [5, 5.41) is 0. The molecule has 36 heavy (non-hydrogen) atoms. The van der Waals surface area contributed by atoms with Crippen molar-refractivity contribution in [3.63, 3.8) is 0 Å². The largest absolute Gasteiger partial charge is 0.423 e. The molecule has 2 amide bonds. The third-order valence-corrected chi connectivity index (χ3v) is 7.07. The molecule has 1 heterocycles. The predicted molar refractivity (Wildman–Crippen MR) is 129 cm³/mol. The molecule has 2 aliphatic carbocycles. The number of hydrogen-bond acceptors (Lipinski definition) is 6. The van der Waals surface area contributed by atoms with Crippen LogP contribution in [0.3, 0.4) is 0 Å². The van der Waals surface area contributed by atoms with Crippen LogP contribution in [-0.2, 0) is 9.59 Å². The van der Waals surface area contributed by atoms with Crippen LogP contribution in [0.2, 0.25) is 0 Å². The van der Waals surface area contributed by atoms with E-state index in [4.69, 9.17) is 9.47 Å². The molecular weight excluding hydrogens is 458 g/mol. The zero-order chi connectivity index (χ0) is 24.8. The lowest BCUT2D eigenvalue weighted by Crippen LogP contribution is -2.33. The van der Waals surface area contributed by atoms with E-state index in [0.717, 1.165) is 6.42 Å². The standard InChI is InChI=1S/C29H21NO6/c31-26-24-17-13-14-18(15-17)25(24)27(32)30(26)20-8-6-7-19(16-20)28(33)36-23-12-5-4-11-22(23)29(34)35-21-9-2-1-3-10-21/h1-14,16-18,24-25H,15H2. The monoisotopic (exact) mass is 479 g/mol. The van der Waals surface area contributed by atoms with Gasteiger partial charge in [0.1, 0.15) is 17.1 Å². The summed E-state index contributed by atoms with van der Waals surface area (Å²) in [5.41, 5.74) is 0.578. The Morgan fingerprint density at radius 3 is 2.11 bits per heavy atom. The summed E-state index contributed by atoms with van der Waals surface area (Å²) in [5.74, 6) is -1.88. The van der Waals surface area contributed by atoms with Gasteiger partial charge in [-0.1, -0.05) is 48.6 Å². The zero-order valence-electron chi connectivity index (χ0n) is 19.1. The number of benzene rings is 3. The highest BCUT2D eigenvalue weighted by molar-refractivity contribution is 6.23. The SMILES string of the molecule is O=C(Oc1ccccc1C(=O)Oc1ccccc1)c1cccc(N2C(=O)C3C4C=CC(C4)C3C2=O)c1. The second-order valence-electron chi connectivity index (χ2n) is 9.15. The normalized spacial score (nSPS) is 23.6. The van der Waals surface area contributed by atoms with Gasteiger partial charge in [-0.3, -0.25) is 9.59 Å². The minimum atomic E-state index is -0.724. The number of carbonyl (C=O) groups excluding carboxylic acids is 4. The number of amides is 2. The van der Waals surface area contributed by atoms with Crippen molar-refractivity contribution < 1.29 is 28.7 Å². The first-order valence-corrected chi connectivity index (χ1v) is 11.8. The maximum atomic E-state index is 13.1. The number of anilines is 1. The lowest BCUT2D eigenvalue weighted by molar-refractivity contribution is -0.123. The minimum Gasteiger partial charge on any atom is -0.423 e. The van der Waals surface area contributed by atoms with E-state index < -0.39 is 11.9 Å². The average Bonchev–Trinajstić information content (AvgIpc) is 3.58. The highest BCUT2D eigenvalue weighted by Crippen LogP contribution is 2.53. The molecule has 3 aliphatic rings. The fourth-order valence-electron chi connectivity index (χ4n) is 5.46. The summed E-state index contributed by atoms with van der Waals surface area (Å²) in [7, 11) is 0.